The van der Waals surface area contributed by atoms with E-state index in [0.29, 0.717) is 0 Å². The highest BCUT2D eigenvalue weighted by molar-refractivity contribution is 6.10. The largest absolute Gasteiger partial charge is 0.399 e. The highest BCUT2D eigenvalue weighted by Gasteiger charge is 2.26. The molecule has 0 atom stereocenters. The fourth-order valence-electron chi connectivity index (χ4n) is 7.13. The highest BCUT2D eigenvalue weighted by Crippen LogP contribution is 2.34. The van der Waals surface area contributed by atoms with Crippen molar-refractivity contribution in [1.29, 1.82) is 0 Å². The predicted molar refractivity (Wildman–Crippen MR) is 201 cm³/mol. The molecule has 0 fully saturated rings. The fourth-order valence-corrected chi connectivity index (χ4v) is 7.13. The smallest absolute Gasteiger partial charge is 0.220 e. The molecule has 0 saturated carbocycles. The van der Waals surface area contributed by atoms with Crippen LogP contribution in [0.4, 0.5) is 17.1 Å². The summed E-state index contributed by atoms with van der Waals surface area (Å²) in [7, 11) is 0. The second kappa shape index (κ2) is 12.6. The molecular weight excluding hydrogens is 589 g/mol. The predicted octanol–water partition coefficient (Wildman–Crippen LogP) is 6.17. The van der Waals surface area contributed by atoms with Gasteiger partial charge in [-0.2, -0.15) is 4.57 Å². The minimum Gasteiger partial charge on any atom is -0.399 e. The van der Waals surface area contributed by atoms with E-state index in [1.165, 1.54) is 60.4 Å². The third-order valence-corrected chi connectivity index (χ3v) is 9.24. The number of allylic oxidation sites excluding steroid dienone is 3. The lowest BCUT2D eigenvalue weighted by Crippen LogP contribution is -2.42. The van der Waals surface area contributed by atoms with Gasteiger partial charge in [-0.25, -0.2) is 0 Å². The number of benzene rings is 5. The molecule has 0 radical (unpaired) electrons. The normalized spacial score (nSPS) is 13.8. The van der Waals surface area contributed by atoms with E-state index in [2.05, 4.69) is 120 Å². The molecule has 1 aliphatic carbocycles. The first kappa shape index (κ1) is 30.6. The van der Waals surface area contributed by atoms with Crippen LogP contribution < -0.4 is 37.9 Å². The number of nitrogens with zero attached hydrogens (tertiary/aromatic N) is 2. The van der Waals surface area contributed by atoms with E-state index >= 15 is 0 Å². The minimum atomic E-state index is 0.775. The van der Waals surface area contributed by atoms with Crippen LogP contribution in [0.3, 0.4) is 0 Å². The van der Waals surface area contributed by atoms with E-state index in [9.17, 15) is 0 Å². The number of hydrogen-bond acceptors (Lipinski definition) is 5. The molecule has 1 aromatic heterocycles. The molecule has 2 heterocycles. The lowest BCUT2D eigenvalue weighted by Gasteiger charge is -2.35. The van der Waals surface area contributed by atoms with Crippen molar-refractivity contribution in [3.63, 3.8) is 0 Å². The SMILES string of the molecule is CCN1C2=CC(N)=CCC2=c2ccc(N)cc2=C1c1ccccc1.CC[n+]1c(-c2ccccc2)c2cc(N)ccc2c2ccc(N)cc21. The molecule has 0 amide bonds. The first-order chi connectivity index (χ1) is 23.4. The molecule has 0 bridgehead atoms. The lowest BCUT2D eigenvalue weighted by atomic mass is 9.91. The van der Waals surface area contributed by atoms with Crippen LogP contribution in [0.15, 0.2) is 139 Å². The average Bonchev–Trinajstić information content (AvgIpc) is 3.11. The molecule has 238 valence electrons. The van der Waals surface area contributed by atoms with E-state index < -0.39 is 0 Å². The van der Waals surface area contributed by atoms with E-state index in [1.54, 1.807) is 0 Å². The van der Waals surface area contributed by atoms with Crippen molar-refractivity contribution in [2.45, 2.75) is 26.8 Å². The summed E-state index contributed by atoms with van der Waals surface area (Å²) in [4.78, 5) is 2.35. The molecule has 0 spiro atoms. The highest BCUT2D eigenvalue weighted by atomic mass is 15.2. The zero-order chi connectivity index (χ0) is 33.4. The topological polar surface area (TPSA) is 111 Å². The maximum atomic E-state index is 6.11. The first-order valence-electron chi connectivity index (χ1n) is 16.5. The van der Waals surface area contributed by atoms with Gasteiger partial charge in [0.2, 0.25) is 11.2 Å². The monoisotopic (exact) mass is 629 g/mol. The van der Waals surface area contributed by atoms with Crippen molar-refractivity contribution in [1.82, 2.24) is 4.90 Å². The van der Waals surface area contributed by atoms with Gasteiger partial charge in [0.1, 0.15) is 6.54 Å². The quantitative estimate of drug-likeness (QED) is 0.106. The maximum Gasteiger partial charge on any atom is 0.220 e. The number of anilines is 3. The van der Waals surface area contributed by atoms with Crippen molar-refractivity contribution in [2.24, 2.45) is 5.73 Å². The van der Waals surface area contributed by atoms with Crippen LogP contribution in [0.1, 0.15) is 25.8 Å². The average molecular weight is 630 g/mol. The molecule has 6 nitrogen and oxygen atoms in total. The molecule has 6 heteroatoms. The number of rotatable bonds is 4. The van der Waals surface area contributed by atoms with Gasteiger partial charge in [-0.3, -0.25) is 0 Å². The van der Waals surface area contributed by atoms with Crippen LogP contribution in [-0.2, 0) is 6.54 Å². The molecule has 8 rings (SSSR count). The molecule has 6 aromatic rings. The van der Waals surface area contributed by atoms with Crippen LogP contribution in [0.5, 0.6) is 0 Å². The number of nitrogens with two attached hydrogens (primary N) is 4. The van der Waals surface area contributed by atoms with Crippen LogP contribution in [0.2, 0.25) is 0 Å². The van der Waals surface area contributed by atoms with Gasteiger partial charge in [-0.1, -0.05) is 66.7 Å². The number of hydrogen-bond donors (Lipinski definition) is 4. The summed E-state index contributed by atoms with van der Waals surface area (Å²) < 4.78 is 2.32. The number of aryl methyl sites for hydroxylation is 1. The van der Waals surface area contributed by atoms with E-state index in [1.807, 2.05) is 30.3 Å². The van der Waals surface area contributed by atoms with Crippen molar-refractivity contribution >= 4 is 50.0 Å². The van der Waals surface area contributed by atoms with Gasteiger partial charge in [-0.15, -0.1) is 0 Å². The zero-order valence-corrected chi connectivity index (χ0v) is 27.4. The van der Waals surface area contributed by atoms with Gasteiger partial charge in [-0.05, 0) is 91.2 Å². The number of fused-ring (bicyclic) bond motifs is 5. The fraction of sp³-hybridized carbons (Fsp3) is 0.119. The van der Waals surface area contributed by atoms with Crippen molar-refractivity contribution in [2.75, 3.05) is 23.7 Å². The molecule has 8 N–H and O–H groups in total. The Kier molecular flexibility index (Phi) is 8.07. The number of pyridine rings is 1. The molecular formula is C42H41N6+. The van der Waals surface area contributed by atoms with E-state index in [-0.39, 0.29) is 0 Å². The van der Waals surface area contributed by atoms with Gasteiger partial charge in [0, 0.05) is 57.2 Å². The Labute approximate surface area is 281 Å². The standard InChI is InChI=1S/C21H21N3.C21H19N3/c2*1-2-24-20-13-16(23)9-11-18(20)17-10-8-15(22)12-19(17)21(24)14-6-4-3-5-7-14/h3-10,12-13H,2,11,22-23H2,1H3;3-13,23H,2,22H2,1H3/p+1. The third-order valence-electron chi connectivity index (χ3n) is 9.24. The first-order valence-corrected chi connectivity index (χ1v) is 16.5. The molecule has 2 aliphatic rings. The Morgan fingerprint density at radius 3 is 1.94 bits per heavy atom. The second-order valence-electron chi connectivity index (χ2n) is 12.2. The summed E-state index contributed by atoms with van der Waals surface area (Å²) in [6.07, 6.45) is 5.03. The molecule has 1 aliphatic heterocycles. The van der Waals surface area contributed by atoms with Gasteiger partial charge < -0.3 is 27.8 Å². The number of nitrogen functional groups attached to an aromatic ring is 3. The summed E-state index contributed by atoms with van der Waals surface area (Å²) in [6.45, 7) is 6.07. The number of aromatic nitrogens is 1. The Bertz CT molecular complexity index is 2370. The van der Waals surface area contributed by atoms with Crippen LogP contribution >= 0.6 is 0 Å². The molecule has 0 unspecified atom stereocenters. The van der Waals surface area contributed by atoms with Gasteiger partial charge >= 0.3 is 0 Å². The Hall–Kier alpha value is -6.01. The van der Waals surface area contributed by atoms with E-state index in [4.69, 9.17) is 22.9 Å². The van der Waals surface area contributed by atoms with Gasteiger partial charge in [0.05, 0.1) is 16.5 Å². The van der Waals surface area contributed by atoms with Crippen molar-refractivity contribution in [3.8, 4) is 11.3 Å². The van der Waals surface area contributed by atoms with Crippen molar-refractivity contribution < 1.29 is 4.57 Å². The Morgan fingerprint density at radius 1 is 0.625 bits per heavy atom. The van der Waals surface area contributed by atoms with Gasteiger partial charge in [0.25, 0.3) is 0 Å². The van der Waals surface area contributed by atoms with Crippen LogP contribution in [0, 0.1) is 0 Å². The zero-order valence-electron chi connectivity index (χ0n) is 27.4. The van der Waals surface area contributed by atoms with Gasteiger partial charge in [0.15, 0.2) is 0 Å². The third kappa shape index (κ3) is 5.41. The summed E-state index contributed by atoms with van der Waals surface area (Å²) >= 11 is 0. The summed E-state index contributed by atoms with van der Waals surface area (Å²) in [5.74, 6) is 0. The molecule has 5 aromatic carbocycles. The van der Waals surface area contributed by atoms with Crippen LogP contribution in [0.25, 0.3) is 44.2 Å². The Balaban J connectivity index is 0.000000152. The molecule has 48 heavy (non-hydrogen) atoms. The summed E-state index contributed by atoms with van der Waals surface area (Å²) in [5.41, 5.74) is 36.0. The van der Waals surface area contributed by atoms with Crippen LogP contribution in [-0.4, -0.2) is 11.4 Å². The van der Waals surface area contributed by atoms with Crippen molar-refractivity contribution in [3.05, 3.63) is 155 Å². The lowest BCUT2D eigenvalue weighted by molar-refractivity contribution is -0.655. The summed E-state index contributed by atoms with van der Waals surface area (Å²) in [6, 6.07) is 39.4. The van der Waals surface area contributed by atoms with E-state index in [0.717, 1.165) is 47.8 Å². The maximum absolute atomic E-state index is 6.11. The molecule has 0 saturated heterocycles. The second-order valence-corrected chi connectivity index (χ2v) is 12.2. The minimum absolute atomic E-state index is 0.775. The summed E-state index contributed by atoms with van der Waals surface area (Å²) in [5, 5.41) is 6.01. The Morgan fingerprint density at radius 2 is 1.25 bits per heavy atom.